The lowest BCUT2D eigenvalue weighted by molar-refractivity contribution is 0.705. The van der Waals surface area contributed by atoms with Crippen LogP contribution in [0.25, 0.3) is 0 Å². The summed E-state index contributed by atoms with van der Waals surface area (Å²) in [6, 6.07) is 6.21. The van der Waals surface area contributed by atoms with Crippen LogP contribution in [-0.4, -0.2) is 5.75 Å². The fourth-order valence-corrected chi connectivity index (χ4v) is 2.82. The van der Waals surface area contributed by atoms with Gasteiger partial charge in [0.1, 0.15) is 0 Å². The van der Waals surface area contributed by atoms with Crippen LogP contribution in [0.1, 0.15) is 23.6 Å². The third-order valence-electron chi connectivity index (χ3n) is 2.34. The van der Waals surface area contributed by atoms with Gasteiger partial charge >= 0.3 is 0 Å². The summed E-state index contributed by atoms with van der Waals surface area (Å²) in [7, 11) is 0. The number of fused-ring (bicyclic) bond motifs is 1. The van der Waals surface area contributed by atoms with E-state index in [0.29, 0.717) is 0 Å². The molecule has 2 rings (SSSR count). The van der Waals surface area contributed by atoms with Gasteiger partial charge in [-0.15, -0.1) is 0 Å². The minimum atomic E-state index is 0.170. The molecule has 2 N–H and O–H groups in total. The van der Waals surface area contributed by atoms with Crippen LogP contribution in [0.5, 0.6) is 0 Å². The zero-order valence-electron chi connectivity index (χ0n) is 7.29. The van der Waals surface area contributed by atoms with Crippen LogP contribution < -0.4 is 5.73 Å². The van der Waals surface area contributed by atoms with E-state index in [2.05, 4.69) is 6.07 Å². The molecule has 0 saturated carbocycles. The maximum Gasteiger partial charge on any atom is 0.0409 e. The molecule has 0 radical (unpaired) electrons. The summed E-state index contributed by atoms with van der Waals surface area (Å²) in [5, 5.41) is 0.793. The Morgan fingerprint density at radius 3 is 3.15 bits per heavy atom. The van der Waals surface area contributed by atoms with Gasteiger partial charge in [0.15, 0.2) is 0 Å². The third kappa shape index (κ3) is 2.01. The van der Waals surface area contributed by atoms with Gasteiger partial charge in [-0.3, -0.25) is 0 Å². The van der Waals surface area contributed by atoms with Crippen molar-refractivity contribution in [2.45, 2.75) is 18.2 Å². The fraction of sp³-hybridized carbons (Fsp3) is 0.400. The molecule has 0 unspecified atom stereocenters. The Morgan fingerprint density at radius 1 is 1.46 bits per heavy atom. The molecule has 0 amide bonds. The van der Waals surface area contributed by atoms with Gasteiger partial charge in [-0.1, -0.05) is 17.7 Å². The predicted molar refractivity (Wildman–Crippen MR) is 59.2 cm³/mol. The van der Waals surface area contributed by atoms with Gasteiger partial charge in [0.2, 0.25) is 0 Å². The van der Waals surface area contributed by atoms with E-state index in [-0.39, 0.29) is 6.04 Å². The molecule has 0 saturated heterocycles. The zero-order chi connectivity index (χ0) is 9.26. The molecule has 1 aromatic carbocycles. The van der Waals surface area contributed by atoms with Crippen molar-refractivity contribution in [3.63, 3.8) is 0 Å². The number of hydrogen-bond acceptors (Lipinski definition) is 2. The number of hydrogen-bond donors (Lipinski definition) is 1. The average Bonchev–Trinajstić information content (AvgIpc) is 2.29. The molecule has 1 aromatic rings. The first-order valence-electron chi connectivity index (χ1n) is 4.39. The van der Waals surface area contributed by atoms with Gasteiger partial charge in [0, 0.05) is 16.8 Å². The van der Waals surface area contributed by atoms with E-state index in [1.807, 2.05) is 23.9 Å². The number of nitrogens with two attached hydrogens (primary N) is 1. The molecule has 0 aromatic heterocycles. The topological polar surface area (TPSA) is 26.0 Å². The van der Waals surface area contributed by atoms with Gasteiger partial charge in [-0.2, -0.15) is 11.8 Å². The lowest BCUT2D eigenvalue weighted by Gasteiger charge is -2.11. The zero-order valence-corrected chi connectivity index (χ0v) is 8.87. The first-order valence-corrected chi connectivity index (χ1v) is 5.92. The molecular formula is C10H12ClNS. The number of halogens is 1. The minimum absolute atomic E-state index is 0.170. The van der Waals surface area contributed by atoms with E-state index in [0.717, 1.165) is 22.9 Å². The summed E-state index contributed by atoms with van der Waals surface area (Å²) in [4.78, 5) is 0. The number of rotatable bonds is 0. The Labute approximate surface area is 87.7 Å². The SMILES string of the molecule is N[C@H]1CCSCc2ccc(Cl)cc21. The average molecular weight is 214 g/mol. The van der Waals surface area contributed by atoms with Crippen LogP contribution in [0.2, 0.25) is 5.02 Å². The molecule has 70 valence electrons. The third-order valence-corrected chi connectivity index (χ3v) is 3.61. The highest BCUT2D eigenvalue weighted by Crippen LogP contribution is 2.30. The van der Waals surface area contributed by atoms with E-state index in [9.17, 15) is 0 Å². The lowest BCUT2D eigenvalue weighted by Crippen LogP contribution is -2.11. The molecule has 13 heavy (non-hydrogen) atoms. The molecular weight excluding hydrogens is 202 g/mol. The van der Waals surface area contributed by atoms with Crippen LogP contribution in [-0.2, 0) is 5.75 Å². The summed E-state index contributed by atoms with van der Waals surface area (Å²) in [5.41, 5.74) is 8.62. The molecule has 3 heteroatoms. The number of benzene rings is 1. The Balaban J connectivity index is 2.43. The van der Waals surface area contributed by atoms with Gasteiger partial charge in [0.25, 0.3) is 0 Å². The van der Waals surface area contributed by atoms with Crippen LogP contribution in [0.4, 0.5) is 0 Å². The van der Waals surface area contributed by atoms with E-state index in [1.54, 1.807) is 0 Å². The van der Waals surface area contributed by atoms with Crippen molar-refractivity contribution in [2.24, 2.45) is 5.73 Å². The molecule has 0 spiro atoms. The smallest absolute Gasteiger partial charge is 0.0409 e. The second-order valence-corrected chi connectivity index (χ2v) is 4.83. The van der Waals surface area contributed by atoms with E-state index in [1.165, 1.54) is 11.1 Å². The Hall–Kier alpha value is -0.180. The van der Waals surface area contributed by atoms with E-state index in [4.69, 9.17) is 17.3 Å². The van der Waals surface area contributed by atoms with Crippen molar-refractivity contribution in [1.29, 1.82) is 0 Å². The van der Waals surface area contributed by atoms with Gasteiger partial charge in [-0.05, 0) is 35.4 Å². The summed E-state index contributed by atoms with van der Waals surface area (Å²) < 4.78 is 0. The summed E-state index contributed by atoms with van der Waals surface area (Å²) >= 11 is 7.88. The quantitative estimate of drug-likeness (QED) is 0.717. The molecule has 0 fully saturated rings. The lowest BCUT2D eigenvalue weighted by atomic mass is 10.0. The van der Waals surface area contributed by atoms with Crippen LogP contribution in [0, 0.1) is 0 Å². The highest BCUT2D eigenvalue weighted by atomic mass is 35.5. The van der Waals surface area contributed by atoms with E-state index < -0.39 is 0 Å². The van der Waals surface area contributed by atoms with Gasteiger partial charge < -0.3 is 5.73 Å². The van der Waals surface area contributed by atoms with Gasteiger partial charge in [0.05, 0.1) is 0 Å². The first kappa shape index (κ1) is 9.38. The minimum Gasteiger partial charge on any atom is -0.324 e. The fourth-order valence-electron chi connectivity index (χ4n) is 1.59. The largest absolute Gasteiger partial charge is 0.324 e. The highest BCUT2D eigenvalue weighted by molar-refractivity contribution is 7.98. The van der Waals surface area contributed by atoms with E-state index >= 15 is 0 Å². The number of thioether (sulfide) groups is 1. The van der Waals surface area contributed by atoms with Crippen molar-refractivity contribution in [2.75, 3.05) is 5.75 Å². The van der Waals surface area contributed by atoms with Gasteiger partial charge in [-0.25, -0.2) is 0 Å². The summed E-state index contributed by atoms with van der Waals surface area (Å²) in [6.07, 6.45) is 1.05. The van der Waals surface area contributed by atoms with Crippen molar-refractivity contribution in [1.82, 2.24) is 0 Å². The Morgan fingerprint density at radius 2 is 2.31 bits per heavy atom. The molecule has 0 aliphatic carbocycles. The molecule has 1 aliphatic heterocycles. The Bertz CT molecular complexity index is 314. The van der Waals surface area contributed by atoms with Crippen molar-refractivity contribution in [3.05, 3.63) is 34.3 Å². The maximum absolute atomic E-state index is 6.04. The standard InChI is InChI=1S/C10H12ClNS/c11-8-2-1-7-6-13-4-3-10(12)9(7)5-8/h1-2,5,10H,3-4,6,12H2/t10-/m0/s1. The second-order valence-electron chi connectivity index (χ2n) is 3.29. The summed E-state index contributed by atoms with van der Waals surface area (Å²) in [6.45, 7) is 0. The first-order chi connectivity index (χ1) is 6.27. The monoisotopic (exact) mass is 213 g/mol. The van der Waals surface area contributed by atoms with Crippen LogP contribution in [0.3, 0.4) is 0 Å². The highest BCUT2D eigenvalue weighted by Gasteiger charge is 2.15. The van der Waals surface area contributed by atoms with Crippen LogP contribution >= 0.6 is 23.4 Å². The normalized spacial score (nSPS) is 22.2. The van der Waals surface area contributed by atoms with Crippen molar-refractivity contribution in [3.8, 4) is 0 Å². The maximum atomic E-state index is 6.04. The molecule has 1 nitrogen and oxygen atoms in total. The van der Waals surface area contributed by atoms with Crippen LogP contribution in [0.15, 0.2) is 18.2 Å². The second kappa shape index (κ2) is 3.91. The molecule has 1 aliphatic rings. The molecule has 1 atom stereocenters. The Kier molecular flexibility index (Phi) is 2.82. The van der Waals surface area contributed by atoms with Crippen molar-refractivity contribution >= 4 is 23.4 Å². The molecule has 1 heterocycles. The predicted octanol–water partition coefficient (Wildman–Crippen LogP) is 2.98. The molecule has 0 bridgehead atoms. The summed E-state index contributed by atoms with van der Waals surface area (Å²) in [5.74, 6) is 2.22. The van der Waals surface area contributed by atoms with Crippen molar-refractivity contribution < 1.29 is 0 Å².